The topological polar surface area (TPSA) is 75.6 Å². The van der Waals surface area contributed by atoms with Gasteiger partial charge in [0.2, 0.25) is 5.89 Å². The average molecular weight is 302 g/mol. The monoisotopic (exact) mass is 302 g/mol. The van der Waals surface area contributed by atoms with Gasteiger partial charge in [-0.1, -0.05) is 23.8 Å². The molecule has 0 spiro atoms. The summed E-state index contributed by atoms with van der Waals surface area (Å²) in [5.41, 5.74) is 2.46. The summed E-state index contributed by atoms with van der Waals surface area (Å²) in [6.07, 6.45) is 1.80. The third kappa shape index (κ3) is 3.61. The number of rotatable bonds is 5. The number of nitrogens with zero attached hydrogens (tertiary/aromatic N) is 4. The van der Waals surface area contributed by atoms with Crippen molar-refractivity contribution in [3.8, 4) is 6.07 Å². The van der Waals surface area contributed by atoms with Crippen LogP contribution in [0.15, 0.2) is 15.6 Å². The third-order valence-corrected chi connectivity index (χ3v) is 4.09. The van der Waals surface area contributed by atoms with Crippen LogP contribution in [0.25, 0.3) is 0 Å². The van der Waals surface area contributed by atoms with E-state index in [1.54, 1.807) is 0 Å². The van der Waals surface area contributed by atoms with E-state index in [-0.39, 0.29) is 5.25 Å². The first-order valence-corrected chi connectivity index (χ1v) is 7.80. The van der Waals surface area contributed by atoms with Crippen LogP contribution >= 0.6 is 11.8 Å². The predicted octanol–water partition coefficient (Wildman–Crippen LogP) is 3.76. The van der Waals surface area contributed by atoms with Crippen molar-refractivity contribution in [2.75, 3.05) is 0 Å². The van der Waals surface area contributed by atoms with Crippen molar-refractivity contribution >= 4 is 11.8 Å². The second kappa shape index (κ2) is 6.72. The highest BCUT2D eigenvalue weighted by Gasteiger charge is 2.19. The Hall–Kier alpha value is -1.87. The molecule has 0 radical (unpaired) electrons. The maximum absolute atomic E-state index is 9.29. The molecular weight excluding hydrogens is 284 g/mol. The lowest BCUT2D eigenvalue weighted by molar-refractivity contribution is 0.374. The Morgan fingerprint density at radius 2 is 2.14 bits per heavy atom. The van der Waals surface area contributed by atoms with Gasteiger partial charge in [-0.3, -0.25) is 0 Å². The number of pyridine rings is 1. The van der Waals surface area contributed by atoms with Crippen molar-refractivity contribution in [1.29, 1.82) is 5.26 Å². The minimum Gasteiger partial charge on any atom is -0.338 e. The quantitative estimate of drug-likeness (QED) is 0.783. The molecule has 2 aromatic heterocycles. The Bertz CT molecular complexity index is 675. The highest BCUT2D eigenvalue weighted by molar-refractivity contribution is 7.99. The van der Waals surface area contributed by atoms with Gasteiger partial charge in [0, 0.05) is 12.1 Å². The third-order valence-electron chi connectivity index (χ3n) is 3.02. The highest BCUT2D eigenvalue weighted by atomic mass is 32.2. The second-order valence-corrected chi connectivity index (χ2v) is 6.26. The lowest BCUT2D eigenvalue weighted by atomic mass is 10.1. The molecular formula is C15H18N4OS. The smallest absolute Gasteiger partial charge is 0.239 e. The van der Waals surface area contributed by atoms with Crippen molar-refractivity contribution < 1.29 is 4.52 Å². The zero-order valence-corrected chi connectivity index (χ0v) is 13.5. The van der Waals surface area contributed by atoms with Crippen molar-refractivity contribution in [2.45, 2.75) is 50.8 Å². The van der Waals surface area contributed by atoms with Crippen LogP contribution in [0.4, 0.5) is 0 Å². The first-order valence-electron chi connectivity index (χ1n) is 6.92. The summed E-state index contributed by atoms with van der Waals surface area (Å²) in [4.78, 5) is 8.85. The van der Waals surface area contributed by atoms with E-state index in [0.29, 0.717) is 11.5 Å². The fourth-order valence-electron chi connectivity index (χ4n) is 2.00. The van der Waals surface area contributed by atoms with E-state index < -0.39 is 0 Å². The van der Waals surface area contributed by atoms with E-state index in [4.69, 9.17) is 4.52 Å². The van der Waals surface area contributed by atoms with Crippen LogP contribution in [0, 0.1) is 25.2 Å². The molecule has 0 fully saturated rings. The van der Waals surface area contributed by atoms with Crippen LogP contribution in [0.2, 0.25) is 0 Å². The lowest BCUT2D eigenvalue weighted by Crippen LogP contribution is -1.97. The Morgan fingerprint density at radius 1 is 1.38 bits per heavy atom. The highest BCUT2D eigenvalue weighted by Crippen LogP contribution is 2.35. The second-order valence-electron chi connectivity index (χ2n) is 4.93. The minimum absolute atomic E-state index is 0.0380. The molecule has 0 aliphatic carbocycles. The molecule has 0 N–H and O–H groups in total. The maximum Gasteiger partial charge on any atom is 0.239 e. The minimum atomic E-state index is -0.0380. The van der Waals surface area contributed by atoms with Crippen LogP contribution in [-0.2, 0) is 6.42 Å². The van der Waals surface area contributed by atoms with Gasteiger partial charge in [0.1, 0.15) is 11.1 Å². The molecule has 0 bridgehead atoms. The van der Waals surface area contributed by atoms with Gasteiger partial charge in [0.05, 0.1) is 10.8 Å². The van der Waals surface area contributed by atoms with Gasteiger partial charge in [0.15, 0.2) is 5.82 Å². The van der Waals surface area contributed by atoms with E-state index >= 15 is 0 Å². The molecule has 2 rings (SSSR count). The van der Waals surface area contributed by atoms with Gasteiger partial charge in [-0.15, -0.1) is 0 Å². The van der Waals surface area contributed by atoms with E-state index in [2.05, 4.69) is 28.1 Å². The Labute approximate surface area is 128 Å². The predicted molar refractivity (Wildman–Crippen MR) is 81.0 cm³/mol. The molecule has 6 heteroatoms. The van der Waals surface area contributed by atoms with Crippen LogP contribution in [0.5, 0.6) is 0 Å². The number of nitriles is 1. The summed E-state index contributed by atoms with van der Waals surface area (Å²) in [6, 6.07) is 4.14. The van der Waals surface area contributed by atoms with Gasteiger partial charge in [0.25, 0.3) is 0 Å². The molecule has 5 nitrogen and oxygen atoms in total. The van der Waals surface area contributed by atoms with Gasteiger partial charge >= 0.3 is 0 Å². The summed E-state index contributed by atoms with van der Waals surface area (Å²) in [5.74, 6) is 1.31. The maximum atomic E-state index is 9.29. The fraction of sp³-hybridized carbons (Fsp3) is 0.467. The summed E-state index contributed by atoms with van der Waals surface area (Å²) >= 11 is 1.48. The van der Waals surface area contributed by atoms with Gasteiger partial charge < -0.3 is 4.52 Å². The first kappa shape index (κ1) is 15.5. The van der Waals surface area contributed by atoms with Crippen LogP contribution in [0.1, 0.15) is 54.1 Å². The van der Waals surface area contributed by atoms with Crippen LogP contribution in [-0.4, -0.2) is 15.1 Å². The molecule has 0 aliphatic rings. The molecule has 0 saturated carbocycles. The molecule has 0 aromatic carbocycles. The van der Waals surface area contributed by atoms with Gasteiger partial charge in [-0.2, -0.15) is 10.2 Å². The van der Waals surface area contributed by atoms with Crippen molar-refractivity contribution in [2.24, 2.45) is 0 Å². The molecule has 1 atom stereocenters. The molecule has 110 valence electrons. The summed E-state index contributed by atoms with van der Waals surface area (Å²) in [6.45, 7) is 7.91. The molecule has 2 aromatic rings. The zero-order valence-electron chi connectivity index (χ0n) is 12.7. The van der Waals surface area contributed by atoms with Crippen LogP contribution < -0.4 is 0 Å². The van der Waals surface area contributed by atoms with E-state index in [0.717, 1.165) is 34.9 Å². The summed E-state index contributed by atoms with van der Waals surface area (Å²) < 4.78 is 5.29. The number of hydrogen-bond donors (Lipinski definition) is 0. The number of hydrogen-bond acceptors (Lipinski definition) is 6. The Kier molecular flexibility index (Phi) is 4.97. The Balaban J connectivity index is 2.23. The number of aryl methyl sites for hydroxylation is 3. The van der Waals surface area contributed by atoms with Crippen molar-refractivity contribution in [3.05, 3.63) is 34.6 Å². The molecule has 0 saturated heterocycles. The summed E-state index contributed by atoms with van der Waals surface area (Å²) in [7, 11) is 0. The largest absolute Gasteiger partial charge is 0.338 e. The molecule has 2 heterocycles. The zero-order chi connectivity index (χ0) is 15.4. The average Bonchev–Trinajstić information content (AvgIpc) is 2.87. The summed E-state index contributed by atoms with van der Waals surface area (Å²) in [5, 5.41) is 13.9. The lowest BCUT2D eigenvalue weighted by Gasteiger charge is -2.10. The first-order chi connectivity index (χ1) is 10.0. The van der Waals surface area contributed by atoms with E-state index in [9.17, 15) is 5.26 Å². The van der Waals surface area contributed by atoms with Crippen molar-refractivity contribution in [1.82, 2.24) is 15.1 Å². The van der Waals surface area contributed by atoms with Crippen molar-refractivity contribution in [3.63, 3.8) is 0 Å². The van der Waals surface area contributed by atoms with E-state index in [1.807, 2.05) is 26.8 Å². The SMILES string of the molecule is CCCc1noc(C(C)Sc2nc(C)cc(C)c2C#N)n1. The van der Waals surface area contributed by atoms with Crippen LogP contribution in [0.3, 0.4) is 0 Å². The normalized spacial score (nSPS) is 12.1. The number of aromatic nitrogens is 3. The standard InChI is InChI=1S/C15H18N4OS/c1-5-6-13-18-14(20-19-13)11(4)21-15-12(8-16)9(2)7-10(3)17-15/h7,11H,5-6H2,1-4H3. The molecule has 1 unspecified atom stereocenters. The fourth-order valence-corrected chi connectivity index (χ4v) is 3.05. The van der Waals surface area contributed by atoms with E-state index in [1.165, 1.54) is 11.8 Å². The number of thioether (sulfide) groups is 1. The van der Waals surface area contributed by atoms with Gasteiger partial charge in [-0.25, -0.2) is 4.98 Å². The molecule has 21 heavy (non-hydrogen) atoms. The van der Waals surface area contributed by atoms with Gasteiger partial charge in [-0.05, 0) is 38.8 Å². The molecule has 0 amide bonds. The molecule has 0 aliphatic heterocycles. The Morgan fingerprint density at radius 3 is 2.81 bits per heavy atom.